The Morgan fingerprint density at radius 3 is 2.33 bits per heavy atom. The molecule has 0 aliphatic carbocycles. The van der Waals surface area contributed by atoms with Crippen molar-refractivity contribution in [3.63, 3.8) is 0 Å². The van der Waals surface area contributed by atoms with Crippen LogP contribution in [0.25, 0.3) is 5.69 Å². The fourth-order valence-corrected chi connectivity index (χ4v) is 1.27. The van der Waals surface area contributed by atoms with E-state index in [0.29, 0.717) is 5.69 Å². The molecular formula is C10H8F3N3O2. The van der Waals surface area contributed by atoms with E-state index in [2.05, 4.69) is 14.8 Å². The van der Waals surface area contributed by atoms with Gasteiger partial charge in [0, 0.05) is 0 Å². The number of nitrogens with zero attached hydrogens (tertiary/aromatic N) is 3. The zero-order chi connectivity index (χ0) is 13.2. The van der Waals surface area contributed by atoms with Gasteiger partial charge in [0.05, 0.1) is 12.8 Å². The quantitative estimate of drug-likeness (QED) is 0.847. The van der Waals surface area contributed by atoms with E-state index in [0.717, 1.165) is 0 Å². The van der Waals surface area contributed by atoms with Gasteiger partial charge in [-0.05, 0) is 24.3 Å². The standard InChI is InChI=1S/C10H8F3N3O2/c1-17-9-14-6-16(15-9)7-2-4-8(5-3-7)18-10(11,12)13/h2-6H,1H3. The molecule has 5 nitrogen and oxygen atoms in total. The maximum Gasteiger partial charge on any atom is 0.573 e. The zero-order valence-corrected chi connectivity index (χ0v) is 9.18. The molecule has 0 radical (unpaired) electrons. The average Bonchev–Trinajstić information content (AvgIpc) is 2.76. The van der Waals surface area contributed by atoms with E-state index in [1.165, 1.54) is 42.4 Å². The Labute approximate surface area is 99.8 Å². The molecule has 0 amide bonds. The molecule has 0 fully saturated rings. The third-order valence-electron chi connectivity index (χ3n) is 1.99. The lowest BCUT2D eigenvalue weighted by Gasteiger charge is -2.08. The van der Waals surface area contributed by atoms with Gasteiger partial charge in [0.2, 0.25) is 0 Å². The molecule has 8 heteroatoms. The van der Waals surface area contributed by atoms with Crippen LogP contribution in [0.4, 0.5) is 13.2 Å². The van der Waals surface area contributed by atoms with E-state index in [4.69, 9.17) is 4.74 Å². The van der Waals surface area contributed by atoms with Crippen molar-refractivity contribution in [2.45, 2.75) is 6.36 Å². The minimum absolute atomic E-state index is 0.172. The van der Waals surface area contributed by atoms with Crippen LogP contribution in [0.15, 0.2) is 30.6 Å². The molecule has 0 saturated carbocycles. The van der Waals surface area contributed by atoms with E-state index < -0.39 is 6.36 Å². The van der Waals surface area contributed by atoms with Crippen molar-refractivity contribution in [1.29, 1.82) is 0 Å². The highest BCUT2D eigenvalue weighted by Crippen LogP contribution is 2.23. The Morgan fingerprint density at radius 2 is 1.83 bits per heavy atom. The number of aromatic nitrogens is 3. The molecule has 0 aliphatic heterocycles. The van der Waals surface area contributed by atoms with Gasteiger partial charge in [0.25, 0.3) is 0 Å². The van der Waals surface area contributed by atoms with Crippen molar-refractivity contribution in [3.8, 4) is 17.4 Å². The topological polar surface area (TPSA) is 49.2 Å². The van der Waals surface area contributed by atoms with Gasteiger partial charge in [-0.1, -0.05) is 0 Å². The summed E-state index contributed by atoms with van der Waals surface area (Å²) in [5, 5.41) is 3.92. The first kappa shape index (κ1) is 12.2. The third kappa shape index (κ3) is 2.90. The smallest absolute Gasteiger partial charge is 0.466 e. The zero-order valence-electron chi connectivity index (χ0n) is 9.18. The van der Waals surface area contributed by atoms with Crippen LogP contribution in [0.1, 0.15) is 0 Å². The van der Waals surface area contributed by atoms with Crippen LogP contribution in [-0.4, -0.2) is 28.2 Å². The van der Waals surface area contributed by atoms with Crippen molar-refractivity contribution in [1.82, 2.24) is 14.8 Å². The lowest BCUT2D eigenvalue weighted by molar-refractivity contribution is -0.274. The summed E-state index contributed by atoms with van der Waals surface area (Å²) < 4.78 is 45.8. The Morgan fingerprint density at radius 1 is 1.17 bits per heavy atom. The number of ether oxygens (including phenoxy) is 2. The van der Waals surface area contributed by atoms with Crippen LogP contribution >= 0.6 is 0 Å². The summed E-state index contributed by atoms with van der Waals surface area (Å²) in [5.41, 5.74) is 0.542. The number of methoxy groups -OCH3 is 1. The van der Waals surface area contributed by atoms with Crippen LogP contribution in [0.5, 0.6) is 11.8 Å². The van der Waals surface area contributed by atoms with Crippen molar-refractivity contribution in [2.24, 2.45) is 0 Å². The Bertz CT molecular complexity index is 522. The fourth-order valence-electron chi connectivity index (χ4n) is 1.27. The molecular weight excluding hydrogens is 251 g/mol. The molecule has 0 saturated heterocycles. The summed E-state index contributed by atoms with van der Waals surface area (Å²) in [7, 11) is 1.42. The molecule has 1 aromatic heterocycles. The molecule has 0 aliphatic rings. The lowest BCUT2D eigenvalue weighted by Crippen LogP contribution is -2.17. The molecule has 0 unspecified atom stereocenters. The molecule has 2 aromatic rings. The SMILES string of the molecule is COc1ncn(-c2ccc(OC(F)(F)F)cc2)n1. The molecule has 0 N–H and O–H groups in total. The summed E-state index contributed by atoms with van der Waals surface area (Å²) in [6.07, 6.45) is -3.31. The minimum Gasteiger partial charge on any atom is -0.466 e. The summed E-state index contributed by atoms with van der Waals surface area (Å²) in [4.78, 5) is 3.81. The molecule has 1 heterocycles. The normalized spacial score (nSPS) is 11.3. The second-order valence-corrected chi connectivity index (χ2v) is 3.22. The predicted molar refractivity (Wildman–Crippen MR) is 54.6 cm³/mol. The molecule has 0 spiro atoms. The summed E-state index contributed by atoms with van der Waals surface area (Å²) in [6.45, 7) is 0. The van der Waals surface area contributed by atoms with Crippen molar-refractivity contribution >= 4 is 0 Å². The average molecular weight is 259 g/mol. The number of alkyl halides is 3. The van der Waals surface area contributed by atoms with Crippen LogP contribution in [-0.2, 0) is 0 Å². The Kier molecular flexibility index (Phi) is 3.09. The second-order valence-electron chi connectivity index (χ2n) is 3.22. The van der Waals surface area contributed by atoms with E-state index in [-0.39, 0.29) is 11.8 Å². The highest BCUT2D eigenvalue weighted by Gasteiger charge is 2.30. The highest BCUT2D eigenvalue weighted by molar-refractivity contribution is 5.36. The molecule has 0 bridgehead atoms. The number of halogens is 3. The lowest BCUT2D eigenvalue weighted by atomic mass is 10.3. The van der Waals surface area contributed by atoms with E-state index >= 15 is 0 Å². The molecule has 18 heavy (non-hydrogen) atoms. The van der Waals surface area contributed by atoms with Crippen LogP contribution in [0.2, 0.25) is 0 Å². The van der Waals surface area contributed by atoms with E-state index in [9.17, 15) is 13.2 Å². The number of rotatable bonds is 3. The number of benzene rings is 1. The van der Waals surface area contributed by atoms with Gasteiger partial charge in [-0.25, -0.2) is 4.68 Å². The van der Waals surface area contributed by atoms with Gasteiger partial charge >= 0.3 is 12.4 Å². The first-order chi connectivity index (χ1) is 8.48. The predicted octanol–water partition coefficient (Wildman–Crippen LogP) is 2.17. The first-order valence-corrected chi connectivity index (χ1v) is 4.80. The van der Waals surface area contributed by atoms with Gasteiger partial charge in [-0.2, -0.15) is 4.98 Å². The van der Waals surface area contributed by atoms with Gasteiger partial charge in [-0.15, -0.1) is 18.3 Å². The fraction of sp³-hybridized carbons (Fsp3) is 0.200. The summed E-state index contributed by atoms with van der Waals surface area (Å²) in [5.74, 6) is -0.293. The van der Waals surface area contributed by atoms with Crippen LogP contribution in [0.3, 0.4) is 0 Å². The molecule has 1 aromatic carbocycles. The molecule has 96 valence electrons. The maximum absolute atomic E-state index is 11.9. The number of hydrogen-bond donors (Lipinski definition) is 0. The van der Waals surface area contributed by atoms with Gasteiger partial charge in [0.1, 0.15) is 12.1 Å². The van der Waals surface area contributed by atoms with Gasteiger partial charge in [0.15, 0.2) is 0 Å². The minimum atomic E-state index is -4.70. The van der Waals surface area contributed by atoms with E-state index in [1.54, 1.807) is 0 Å². The first-order valence-electron chi connectivity index (χ1n) is 4.80. The highest BCUT2D eigenvalue weighted by atomic mass is 19.4. The maximum atomic E-state index is 11.9. The van der Waals surface area contributed by atoms with Crippen molar-refractivity contribution in [2.75, 3.05) is 7.11 Å². The molecule has 0 atom stereocenters. The van der Waals surface area contributed by atoms with Crippen LogP contribution < -0.4 is 9.47 Å². The Balaban J connectivity index is 2.17. The van der Waals surface area contributed by atoms with Crippen molar-refractivity contribution in [3.05, 3.63) is 30.6 Å². The number of hydrogen-bond acceptors (Lipinski definition) is 4. The van der Waals surface area contributed by atoms with Crippen LogP contribution in [0, 0.1) is 0 Å². The summed E-state index contributed by atoms with van der Waals surface area (Å²) >= 11 is 0. The summed E-state index contributed by atoms with van der Waals surface area (Å²) in [6, 6.07) is 5.41. The van der Waals surface area contributed by atoms with Gasteiger partial charge < -0.3 is 9.47 Å². The third-order valence-corrected chi connectivity index (χ3v) is 1.99. The molecule has 2 rings (SSSR count). The van der Waals surface area contributed by atoms with Crippen molar-refractivity contribution < 1.29 is 22.6 Å². The second kappa shape index (κ2) is 4.55. The van der Waals surface area contributed by atoms with Gasteiger partial charge in [-0.3, -0.25) is 0 Å². The Hall–Kier alpha value is -2.25. The van der Waals surface area contributed by atoms with E-state index in [1.807, 2.05) is 0 Å². The monoisotopic (exact) mass is 259 g/mol. The largest absolute Gasteiger partial charge is 0.573 e.